The zero-order chi connectivity index (χ0) is 38.7. The lowest BCUT2D eigenvalue weighted by atomic mass is 9.70. The molecule has 0 unspecified atom stereocenters. The lowest BCUT2D eigenvalue weighted by Gasteiger charge is -2.35. The van der Waals surface area contributed by atoms with E-state index in [4.69, 9.17) is 4.42 Å². The van der Waals surface area contributed by atoms with E-state index in [1.807, 2.05) is 0 Å². The molecule has 2 heteroatoms. The van der Waals surface area contributed by atoms with Crippen molar-refractivity contribution in [3.63, 3.8) is 0 Å². The number of nitrogens with zero attached hydrogens (tertiary/aromatic N) is 1. The van der Waals surface area contributed by atoms with Gasteiger partial charge in [-0.05, 0) is 108 Å². The summed E-state index contributed by atoms with van der Waals surface area (Å²) in [5.41, 5.74) is 17.1. The van der Waals surface area contributed by atoms with Crippen molar-refractivity contribution in [2.24, 2.45) is 0 Å². The van der Waals surface area contributed by atoms with Crippen LogP contribution in [0.1, 0.15) is 22.3 Å². The Hall–Kier alpha value is -7.68. The summed E-state index contributed by atoms with van der Waals surface area (Å²) in [6.07, 6.45) is 0. The van der Waals surface area contributed by atoms with Crippen LogP contribution in [0.5, 0.6) is 0 Å². The molecule has 0 amide bonds. The molecule has 1 spiro atoms. The molecule has 0 radical (unpaired) electrons. The van der Waals surface area contributed by atoms with E-state index in [0.717, 1.165) is 39.0 Å². The van der Waals surface area contributed by atoms with Crippen LogP contribution >= 0.6 is 0 Å². The zero-order valence-electron chi connectivity index (χ0n) is 32.1. The maximum atomic E-state index is 7.02. The largest absolute Gasteiger partial charge is 0.454 e. The van der Waals surface area contributed by atoms with E-state index in [0.29, 0.717) is 0 Å². The highest BCUT2D eigenvalue weighted by molar-refractivity contribution is 6.21. The van der Waals surface area contributed by atoms with Crippen LogP contribution in [0.4, 0.5) is 17.1 Å². The summed E-state index contributed by atoms with van der Waals surface area (Å²) in [4.78, 5) is 2.47. The van der Waals surface area contributed by atoms with Crippen LogP contribution < -0.4 is 4.90 Å². The molecule has 0 atom stereocenters. The lowest BCUT2D eigenvalue weighted by molar-refractivity contribution is 0.669. The fourth-order valence-electron chi connectivity index (χ4n) is 10.6. The third kappa shape index (κ3) is 4.40. The van der Waals surface area contributed by atoms with Crippen molar-refractivity contribution < 1.29 is 4.42 Å². The highest BCUT2D eigenvalue weighted by Gasteiger charge is 2.53. The number of hydrogen-bond donors (Lipinski definition) is 0. The van der Waals surface area contributed by atoms with Crippen LogP contribution in [0.2, 0.25) is 0 Å². The van der Waals surface area contributed by atoms with Gasteiger partial charge in [0.25, 0.3) is 0 Å². The predicted octanol–water partition coefficient (Wildman–Crippen LogP) is 15.4. The van der Waals surface area contributed by atoms with E-state index in [1.54, 1.807) is 0 Å². The Kier molecular flexibility index (Phi) is 6.68. The van der Waals surface area contributed by atoms with E-state index in [-0.39, 0.29) is 0 Å². The molecule has 1 aromatic heterocycles. The van der Waals surface area contributed by atoms with Gasteiger partial charge < -0.3 is 9.32 Å². The molecule has 2 aliphatic rings. The summed E-state index contributed by atoms with van der Waals surface area (Å²) in [5, 5.41) is 7.13. The van der Waals surface area contributed by atoms with Crippen molar-refractivity contribution in [2.75, 3.05) is 4.90 Å². The first kappa shape index (κ1) is 32.4. The first-order chi connectivity index (χ1) is 29.3. The average Bonchev–Trinajstić information content (AvgIpc) is 3.94. The average molecular weight is 750 g/mol. The number of hydrogen-bond acceptors (Lipinski definition) is 2. The molecule has 0 saturated heterocycles. The van der Waals surface area contributed by atoms with Gasteiger partial charge in [0.1, 0.15) is 5.58 Å². The van der Waals surface area contributed by atoms with Gasteiger partial charge in [0.2, 0.25) is 0 Å². The fourth-order valence-corrected chi connectivity index (χ4v) is 10.6. The highest BCUT2D eigenvalue weighted by atomic mass is 16.3. The topological polar surface area (TPSA) is 16.4 Å². The number of anilines is 3. The van der Waals surface area contributed by atoms with Gasteiger partial charge in [-0.25, -0.2) is 0 Å². The molecular weight excluding hydrogens is 715 g/mol. The quantitative estimate of drug-likeness (QED) is 0.178. The number of fused-ring (bicyclic) bond motifs is 16. The molecule has 10 aromatic carbocycles. The first-order valence-corrected chi connectivity index (χ1v) is 20.4. The minimum Gasteiger partial charge on any atom is -0.454 e. The number of furan rings is 1. The van der Waals surface area contributed by atoms with Crippen molar-refractivity contribution in [3.05, 3.63) is 235 Å². The molecule has 2 nitrogen and oxygen atoms in total. The van der Waals surface area contributed by atoms with Crippen LogP contribution in [0.25, 0.3) is 76.9 Å². The summed E-state index contributed by atoms with van der Waals surface area (Å²) in [6, 6.07) is 78.0. The van der Waals surface area contributed by atoms with Gasteiger partial charge >= 0.3 is 0 Å². The maximum absolute atomic E-state index is 7.02. The molecule has 0 N–H and O–H groups in total. The number of para-hydroxylation sites is 1. The zero-order valence-corrected chi connectivity index (χ0v) is 32.1. The van der Waals surface area contributed by atoms with Crippen LogP contribution in [-0.4, -0.2) is 0 Å². The molecule has 59 heavy (non-hydrogen) atoms. The minimum absolute atomic E-state index is 0.531. The summed E-state index contributed by atoms with van der Waals surface area (Å²) < 4.78 is 7.02. The van der Waals surface area contributed by atoms with Gasteiger partial charge in [-0.1, -0.05) is 176 Å². The van der Waals surface area contributed by atoms with Crippen LogP contribution in [0.3, 0.4) is 0 Å². The monoisotopic (exact) mass is 749 g/mol. The lowest BCUT2D eigenvalue weighted by Crippen LogP contribution is -2.28. The van der Waals surface area contributed by atoms with Crippen molar-refractivity contribution in [3.8, 4) is 33.4 Å². The van der Waals surface area contributed by atoms with E-state index >= 15 is 0 Å². The maximum Gasteiger partial charge on any atom is 0.159 e. The Bertz CT molecular complexity index is 3450. The van der Waals surface area contributed by atoms with Crippen LogP contribution in [0.15, 0.2) is 217 Å². The molecular formula is C57H35NO. The third-order valence-corrected chi connectivity index (χ3v) is 13.0. The van der Waals surface area contributed by atoms with Crippen molar-refractivity contribution in [2.45, 2.75) is 5.41 Å². The van der Waals surface area contributed by atoms with E-state index in [2.05, 4.69) is 217 Å². The van der Waals surface area contributed by atoms with Crippen LogP contribution in [-0.2, 0) is 5.41 Å². The van der Waals surface area contributed by atoms with Crippen molar-refractivity contribution in [1.82, 2.24) is 0 Å². The molecule has 0 aliphatic heterocycles. The molecule has 274 valence electrons. The normalized spacial score (nSPS) is 13.2. The molecule has 0 fully saturated rings. The smallest absolute Gasteiger partial charge is 0.159 e. The van der Waals surface area contributed by atoms with Crippen molar-refractivity contribution in [1.29, 1.82) is 0 Å². The third-order valence-electron chi connectivity index (χ3n) is 13.0. The van der Waals surface area contributed by atoms with Crippen molar-refractivity contribution >= 4 is 60.5 Å². The van der Waals surface area contributed by atoms with Gasteiger partial charge in [-0.15, -0.1) is 0 Å². The summed E-state index contributed by atoms with van der Waals surface area (Å²) in [5.74, 6) is 0. The number of benzene rings is 10. The molecule has 2 aliphatic carbocycles. The van der Waals surface area contributed by atoms with E-state index in [9.17, 15) is 0 Å². The highest BCUT2D eigenvalue weighted by Crippen LogP contribution is 2.65. The predicted molar refractivity (Wildman–Crippen MR) is 245 cm³/mol. The Morgan fingerprint density at radius 3 is 1.66 bits per heavy atom. The SMILES string of the molecule is c1ccc2c(c1)-c1ccccc1C21c2ccccc2-c2cccc(N(c3ccc(-c4ccc5ccccc5c4)cc3)c3cccc4c3oc3ccc5ccccc5c34)c21. The Labute approximate surface area is 341 Å². The van der Waals surface area contributed by atoms with E-state index < -0.39 is 5.41 Å². The second-order valence-corrected chi connectivity index (χ2v) is 15.9. The van der Waals surface area contributed by atoms with Gasteiger partial charge in [0.15, 0.2) is 5.58 Å². The molecule has 13 rings (SSSR count). The Morgan fingerprint density at radius 2 is 0.915 bits per heavy atom. The molecule has 0 bridgehead atoms. The van der Waals surface area contributed by atoms with Gasteiger partial charge in [0.05, 0.1) is 16.8 Å². The Balaban J connectivity index is 1.11. The molecule has 0 saturated carbocycles. The van der Waals surface area contributed by atoms with Gasteiger partial charge in [0, 0.05) is 22.0 Å². The Morgan fingerprint density at radius 1 is 0.373 bits per heavy atom. The van der Waals surface area contributed by atoms with Crippen LogP contribution in [0, 0.1) is 0 Å². The number of rotatable bonds is 4. The second kappa shape index (κ2) is 12.2. The fraction of sp³-hybridized carbons (Fsp3) is 0.0175. The van der Waals surface area contributed by atoms with E-state index in [1.165, 1.54) is 77.2 Å². The molecule has 11 aromatic rings. The molecule has 1 heterocycles. The van der Waals surface area contributed by atoms with Gasteiger partial charge in [-0.2, -0.15) is 0 Å². The summed E-state index contributed by atoms with van der Waals surface area (Å²) in [7, 11) is 0. The summed E-state index contributed by atoms with van der Waals surface area (Å²) >= 11 is 0. The standard InChI is InChI=1S/C57H35NO/c1-2-15-39-35-40(28-27-36(39)13-1)37-29-32-41(33-30-37)58(52-26-12-21-47-54-42-16-4-3-14-38(42)31-34-53(54)59-56(47)52)51-25-11-20-46-45-19-7-10-24-50(45)57(55(46)51)48-22-8-5-17-43(48)44-18-6-9-23-49(44)57/h1-35H. The second-order valence-electron chi connectivity index (χ2n) is 15.9. The first-order valence-electron chi connectivity index (χ1n) is 20.4. The summed E-state index contributed by atoms with van der Waals surface area (Å²) in [6.45, 7) is 0. The minimum atomic E-state index is -0.531. The van der Waals surface area contributed by atoms with Gasteiger partial charge in [-0.3, -0.25) is 0 Å².